The number of piperidine rings is 1. The third kappa shape index (κ3) is 7.68. The van der Waals surface area contributed by atoms with E-state index in [1.807, 2.05) is 42.9 Å². The molecule has 5 rings (SSSR count). The first-order chi connectivity index (χ1) is 20.3. The van der Waals surface area contributed by atoms with Crippen LogP contribution in [0.2, 0.25) is 0 Å². The minimum absolute atomic E-state index is 0.317. The van der Waals surface area contributed by atoms with Gasteiger partial charge in [-0.05, 0) is 81.9 Å². The largest absolute Gasteiger partial charge is 0.465 e. The highest BCUT2D eigenvalue weighted by Crippen LogP contribution is 2.40. The van der Waals surface area contributed by atoms with Crippen LogP contribution >= 0.6 is 0 Å². The number of ether oxygens (including phenoxy) is 1. The zero-order valence-corrected chi connectivity index (χ0v) is 26.0. The van der Waals surface area contributed by atoms with Crippen molar-refractivity contribution < 1.29 is 9.53 Å². The summed E-state index contributed by atoms with van der Waals surface area (Å²) in [4.78, 5) is 29.2. The highest BCUT2D eigenvalue weighted by molar-refractivity contribution is 5.90. The molecule has 2 fully saturated rings. The van der Waals surface area contributed by atoms with Crippen LogP contribution in [0.4, 0.5) is 0 Å². The Morgan fingerprint density at radius 3 is 2.29 bits per heavy atom. The van der Waals surface area contributed by atoms with Crippen molar-refractivity contribution in [2.75, 3.05) is 53.4 Å². The Bertz CT molecular complexity index is 1290. The molecule has 0 saturated carbocycles. The van der Waals surface area contributed by atoms with Gasteiger partial charge in [0.25, 0.3) is 0 Å². The van der Waals surface area contributed by atoms with Gasteiger partial charge in [-0.25, -0.2) is 14.8 Å². The third-order valence-corrected chi connectivity index (χ3v) is 9.12. The Labute approximate surface area is 251 Å². The summed E-state index contributed by atoms with van der Waals surface area (Å²) >= 11 is 0. The van der Waals surface area contributed by atoms with E-state index in [0.29, 0.717) is 24.1 Å². The van der Waals surface area contributed by atoms with Crippen molar-refractivity contribution >= 4 is 5.97 Å². The van der Waals surface area contributed by atoms with Gasteiger partial charge in [0.15, 0.2) is 0 Å². The van der Waals surface area contributed by atoms with Crippen LogP contribution < -0.4 is 0 Å². The van der Waals surface area contributed by atoms with Gasteiger partial charge < -0.3 is 23.7 Å². The molecule has 42 heavy (non-hydrogen) atoms. The van der Waals surface area contributed by atoms with E-state index in [1.165, 1.54) is 59.1 Å². The number of aryl methyl sites for hydroxylation is 1. The molecule has 0 N–H and O–H groups in total. The van der Waals surface area contributed by atoms with Crippen LogP contribution in [0, 0.1) is 11.3 Å². The summed E-state index contributed by atoms with van der Waals surface area (Å²) in [6.45, 7) is 15.1. The number of aromatic nitrogens is 4. The van der Waals surface area contributed by atoms with Crippen LogP contribution in [0.3, 0.4) is 0 Å². The number of esters is 1. The van der Waals surface area contributed by atoms with E-state index in [4.69, 9.17) is 4.74 Å². The van der Waals surface area contributed by atoms with Gasteiger partial charge in [0, 0.05) is 51.0 Å². The maximum Gasteiger partial charge on any atom is 0.338 e. The van der Waals surface area contributed by atoms with Gasteiger partial charge in [-0.15, -0.1) is 0 Å². The van der Waals surface area contributed by atoms with Crippen molar-refractivity contribution in [1.82, 2.24) is 33.8 Å². The quantitative estimate of drug-likeness (QED) is 0.280. The number of benzene rings is 1. The lowest BCUT2D eigenvalue weighted by Crippen LogP contribution is -2.42. The first-order valence-corrected chi connectivity index (χ1v) is 15.6. The Kier molecular flexibility index (Phi) is 10.1. The second-order valence-electron chi connectivity index (χ2n) is 12.9. The van der Waals surface area contributed by atoms with E-state index in [0.717, 1.165) is 49.2 Å². The van der Waals surface area contributed by atoms with Crippen LogP contribution in [0.1, 0.15) is 67.1 Å². The van der Waals surface area contributed by atoms with E-state index in [9.17, 15) is 4.79 Å². The molecule has 2 aromatic heterocycles. The number of hydrogen-bond acceptors (Lipinski definition) is 7. The number of carbonyl (C=O) groups is 1. The molecule has 9 heteroatoms. The minimum atomic E-state index is -0.317. The number of likely N-dealkylation sites (tertiary alicyclic amines) is 2. The molecule has 9 nitrogen and oxygen atoms in total. The van der Waals surface area contributed by atoms with Crippen molar-refractivity contribution in [3.63, 3.8) is 0 Å². The minimum Gasteiger partial charge on any atom is -0.465 e. The van der Waals surface area contributed by atoms with E-state index >= 15 is 0 Å². The van der Waals surface area contributed by atoms with Gasteiger partial charge in [-0.3, -0.25) is 4.90 Å². The number of carbonyl (C=O) groups excluding carboxylic acids is 1. The van der Waals surface area contributed by atoms with Gasteiger partial charge in [0.05, 0.1) is 25.8 Å². The summed E-state index contributed by atoms with van der Waals surface area (Å²) in [6, 6.07) is 7.58. The first-order valence-electron chi connectivity index (χ1n) is 15.6. The predicted molar refractivity (Wildman–Crippen MR) is 165 cm³/mol. The molecular formula is C33H49N7O2. The number of rotatable bonds is 13. The summed E-state index contributed by atoms with van der Waals surface area (Å²) in [7, 11) is 3.53. The van der Waals surface area contributed by atoms with Gasteiger partial charge >= 0.3 is 5.97 Å². The van der Waals surface area contributed by atoms with Crippen LogP contribution in [0.15, 0.2) is 49.1 Å². The first kappa shape index (κ1) is 30.4. The highest BCUT2D eigenvalue weighted by atomic mass is 16.5. The van der Waals surface area contributed by atoms with Crippen molar-refractivity contribution in [2.45, 2.75) is 65.7 Å². The summed E-state index contributed by atoms with van der Waals surface area (Å²) in [6.07, 6.45) is 13.1. The van der Waals surface area contributed by atoms with E-state index in [-0.39, 0.29) is 5.97 Å². The molecule has 2 saturated heterocycles. The Balaban J connectivity index is 1.09. The van der Waals surface area contributed by atoms with Gasteiger partial charge in [0.2, 0.25) is 0 Å². The maximum absolute atomic E-state index is 12.2. The number of methoxy groups -OCH3 is 1. The fraction of sp³-hybridized carbons (Fsp3) is 0.606. The molecule has 2 aliphatic heterocycles. The molecule has 2 aliphatic rings. The third-order valence-electron chi connectivity index (χ3n) is 9.12. The highest BCUT2D eigenvalue weighted by Gasteiger charge is 2.40. The summed E-state index contributed by atoms with van der Waals surface area (Å²) in [5.41, 5.74) is 2.07. The molecule has 0 aliphatic carbocycles. The fourth-order valence-corrected chi connectivity index (χ4v) is 6.84. The summed E-state index contributed by atoms with van der Waals surface area (Å²) in [5, 5.41) is 0. The Morgan fingerprint density at radius 2 is 1.60 bits per heavy atom. The zero-order chi connectivity index (χ0) is 29.5. The number of nitrogens with zero attached hydrogens (tertiary/aromatic N) is 7. The van der Waals surface area contributed by atoms with Crippen molar-refractivity contribution in [3.05, 3.63) is 71.8 Å². The van der Waals surface area contributed by atoms with Crippen molar-refractivity contribution in [3.8, 4) is 0 Å². The average molecular weight is 576 g/mol. The molecule has 228 valence electrons. The second-order valence-corrected chi connectivity index (χ2v) is 12.9. The van der Waals surface area contributed by atoms with E-state index in [1.54, 1.807) is 0 Å². The van der Waals surface area contributed by atoms with Crippen LogP contribution in [0.25, 0.3) is 0 Å². The van der Waals surface area contributed by atoms with Crippen LogP contribution in [-0.4, -0.2) is 93.2 Å². The molecule has 0 unspecified atom stereocenters. The topological polar surface area (TPSA) is 71.7 Å². The molecule has 1 spiro atoms. The molecule has 0 radical (unpaired) electrons. The van der Waals surface area contributed by atoms with Crippen molar-refractivity contribution in [1.29, 1.82) is 0 Å². The van der Waals surface area contributed by atoms with E-state index in [2.05, 4.69) is 60.9 Å². The second kappa shape index (κ2) is 14.0. The molecule has 0 bridgehead atoms. The lowest BCUT2D eigenvalue weighted by atomic mass is 9.77. The molecule has 0 amide bonds. The van der Waals surface area contributed by atoms with Gasteiger partial charge in [0.1, 0.15) is 11.6 Å². The molecular weight excluding hydrogens is 526 g/mol. The molecule has 0 atom stereocenters. The van der Waals surface area contributed by atoms with Gasteiger partial charge in [-0.2, -0.15) is 0 Å². The average Bonchev–Trinajstić information content (AvgIpc) is 3.71. The zero-order valence-electron chi connectivity index (χ0n) is 26.0. The van der Waals surface area contributed by atoms with Crippen molar-refractivity contribution in [2.24, 2.45) is 11.3 Å². The molecule has 3 aromatic rings. The van der Waals surface area contributed by atoms with E-state index < -0.39 is 0 Å². The molecule has 1 aromatic carbocycles. The fourth-order valence-electron chi connectivity index (χ4n) is 6.84. The smallest absolute Gasteiger partial charge is 0.338 e. The molecule has 4 heterocycles. The monoisotopic (exact) mass is 575 g/mol. The van der Waals surface area contributed by atoms with Crippen LogP contribution in [-0.2, 0) is 30.9 Å². The Morgan fingerprint density at radius 1 is 0.952 bits per heavy atom. The predicted octanol–water partition coefficient (Wildman–Crippen LogP) is 4.38. The lowest BCUT2D eigenvalue weighted by Gasteiger charge is -2.40. The standard InChI is InChI=1S/C33H49N7O2/c1-27(2)22-37-17-10-33(11-18-37)12-19-38(26-33)15-7-16-39-20-13-34-30(39)24-36(3)25-31-35-14-21-40(31)23-28-8-5-6-9-29(28)32(41)42-4/h5-6,8-9,13-14,20-21,27H,7,10-12,15-19,22-26H2,1-4H3. The van der Waals surface area contributed by atoms with Gasteiger partial charge in [-0.1, -0.05) is 32.0 Å². The van der Waals surface area contributed by atoms with Crippen LogP contribution in [0.5, 0.6) is 0 Å². The Hall–Kier alpha value is -3.01. The summed E-state index contributed by atoms with van der Waals surface area (Å²) in [5.74, 6) is 2.48. The number of hydrogen-bond donors (Lipinski definition) is 0. The summed E-state index contributed by atoms with van der Waals surface area (Å²) < 4.78 is 9.38. The maximum atomic E-state index is 12.2. The number of imidazole rings is 2. The SMILES string of the molecule is COC(=O)c1ccccc1Cn1ccnc1CN(C)Cc1nccn1CCCN1CCC2(CCN(CC(C)C)CC2)C1. The normalized spacial score (nSPS) is 17.6. The lowest BCUT2D eigenvalue weighted by molar-refractivity contribution is 0.0599.